The van der Waals surface area contributed by atoms with E-state index in [9.17, 15) is 4.79 Å². The first-order valence-corrected chi connectivity index (χ1v) is 15.0. The Morgan fingerprint density at radius 2 is 1.78 bits per heavy atom. The summed E-state index contributed by atoms with van der Waals surface area (Å²) in [4.78, 5) is 21.6. The van der Waals surface area contributed by atoms with Crippen molar-refractivity contribution >= 4 is 44.8 Å². The van der Waals surface area contributed by atoms with Gasteiger partial charge in [-0.25, -0.2) is 0 Å². The summed E-state index contributed by atoms with van der Waals surface area (Å²) in [7, 11) is 0. The van der Waals surface area contributed by atoms with Crippen molar-refractivity contribution in [3.05, 3.63) is 68.5 Å². The van der Waals surface area contributed by atoms with Crippen LogP contribution in [0, 0.1) is 6.92 Å². The Bertz CT molecular complexity index is 1150. The second-order valence-electron chi connectivity index (χ2n) is 10.2. The first kappa shape index (κ1) is 25.6. The molecule has 190 valence electrons. The molecule has 3 fully saturated rings. The summed E-state index contributed by atoms with van der Waals surface area (Å²) in [5.74, 6) is 0.921. The van der Waals surface area contributed by atoms with Crippen molar-refractivity contribution in [2.45, 2.75) is 89.8 Å². The predicted octanol–water partition coefficient (Wildman–Crippen LogP) is 8.27. The van der Waals surface area contributed by atoms with Crippen molar-refractivity contribution in [2.24, 2.45) is 4.99 Å². The third-order valence-electron chi connectivity index (χ3n) is 7.37. The lowest BCUT2D eigenvalue weighted by atomic mass is 9.94. The monoisotopic (exact) mass is 566 g/mol. The summed E-state index contributed by atoms with van der Waals surface area (Å²) in [5.41, 5.74) is 3.36. The molecule has 2 aromatic rings. The van der Waals surface area contributed by atoms with Crippen LogP contribution in [0.1, 0.15) is 80.9 Å². The zero-order valence-electron chi connectivity index (χ0n) is 21.0. The Morgan fingerprint density at radius 1 is 1.03 bits per heavy atom. The van der Waals surface area contributed by atoms with Gasteiger partial charge in [0.1, 0.15) is 12.4 Å². The molecule has 1 saturated heterocycles. The van der Waals surface area contributed by atoms with Crippen LogP contribution in [0.25, 0.3) is 6.08 Å². The summed E-state index contributed by atoms with van der Waals surface area (Å²) in [6, 6.07) is 15.0. The van der Waals surface area contributed by atoms with Gasteiger partial charge in [0, 0.05) is 6.04 Å². The minimum Gasteiger partial charge on any atom is -0.488 e. The quantitative estimate of drug-likeness (QED) is 0.330. The van der Waals surface area contributed by atoms with Crippen LogP contribution < -0.4 is 4.74 Å². The van der Waals surface area contributed by atoms with E-state index in [1.807, 2.05) is 29.2 Å². The molecule has 1 heterocycles. The lowest BCUT2D eigenvalue weighted by Crippen LogP contribution is -2.41. The van der Waals surface area contributed by atoms with E-state index in [1.54, 1.807) is 11.8 Å². The number of carbonyl (C=O) groups excluding carboxylic acids is 1. The van der Waals surface area contributed by atoms with Crippen LogP contribution in [0.4, 0.5) is 0 Å². The largest absolute Gasteiger partial charge is 0.488 e. The molecule has 0 bridgehead atoms. The van der Waals surface area contributed by atoms with Gasteiger partial charge in [0.05, 0.1) is 15.4 Å². The average Bonchev–Trinajstić information content (AvgIpc) is 3.18. The lowest BCUT2D eigenvalue weighted by molar-refractivity contribution is -0.124. The van der Waals surface area contributed by atoms with Crippen LogP contribution in [0.3, 0.4) is 0 Å². The fourth-order valence-corrected chi connectivity index (χ4v) is 7.06. The number of amidine groups is 1. The highest BCUT2D eigenvalue weighted by atomic mass is 79.9. The number of benzene rings is 2. The minimum atomic E-state index is 0.123. The van der Waals surface area contributed by atoms with Crippen molar-refractivity contribution in [3.8, 4) is 5.75 Å². The van der Waals surface area contributed by atoms with Crippen LogP contribution in [-0.4, -0.2) is 28.1 Å². The smallest absolute Gasteiger partial charge is 0.266 e. The van der Waals surface area contributed by atoms with Gasteiger partial charge in [0.25, 0.3) is 5.91 Å². The van der Waals surface area contributed by atoms with Crippen LogP contribution >= 0.6 is 27.7 Å². The Balaban J connectivity index is 1.34. The van der Waals surface area contributed by atoms with Gasteiger partial charge in [-0.05, 0) is 89.6 Å². The van der Waals surface area contributed by atoms with Crippen molar-refractivity contribution in [1.82, 2.24) is 4.90 Å². The fraction of sp³-hybridized carbons (Fsp3) is 0.467. The zero-order valence-corrected chi connectivity index (χ0v) is 23.5. The maximum absolute atomic E-state index is 13.6. The number of halogens is 1. The first-order valence-electron chi connectivity index (χ1n) is 13.4. The molecule has 2 aliphatic carbocycles. The molecule has 3 aliphatic rings. The normalized spacial score (nSPS) is 22.1. The molecule has 36 heavy (non-hydrogen) atoms. The second-order valence-corrected chi connectivity index (χ2v) is 12.1. The van der Waals surface area contributed by atoms with Gasteiger partial charge in [-0.15, -0.1) is 0 Å². The first-order chi connectivity index (χ1) is 17.6. The Labute approximate surface area is 227 Å². The molecule has 2 aromatic carbocycles. The number of rotatable bonds is 6. The van der Waals surface area contributed by atoms with E-state index in [0.29, 0.717) is 12.6 Å². The van der Waals surface area contributed by atoms with E-state index < -0.39 is 0 Å². The number of amides is 1. The van der Waals surface area contributed by atoms with Crippen LogP contribution in [0.5, 0.6) is 5.75 Å². The van der Waals surface area contributed by atoms with Crippen molar-refractivity contribution < 1.29 is 9.53 Å². The zero-order chi connectivity index (χ0) is 24.9. The van der Waals surface area contributed by atoms with Gasteiger partial charge >= 0.3 is 0 Å². The number of aryl methyl sites for hydroxylation is 1. The molecule has 6 heteroatoms. The molecule has 0 aromatic heterocycles. The number of aliphatic imine (C=N–C) groups is 1. The highest BCUT2D eigenvalue weighted by Gasteiger charge is 2.39. The van der Waals surface area contributed by atoms with E-state index >= 15 is 0 Å². The fourth-order valence-electron chi connectivity index (χ4n) is 5.44. The molecule has 0 atom stereocenters. The maximum Gasteiger partial charge on any atom is 0.266 e. The van der Waals surface area contributed by atoms with Crippen LogP contribution in [-0.2, 0) is 11.4 Å². The Hall–Kier alpha value is -2.05. The number of carbonyl (C=O) groups is 1. The number of nitrogens with zero attached hydrogens (tertiary/aromatic N) is 2. The molecule has 0 N–H and O–H groups in total. The summed E-state index contributed by atoms with van der Waals surface area (Å²) < 4.78 is 6.94. The number of hydrogen-bond acceptors (Lipinski definition) is 4. The van der Waals surface area contributed by atoms with E-state index in [2.05, 4.69) is 47.1 Å². The van der Waals surface area contributed by atoms with Gasteiger partial charge in [0.2, 0.25) is 0 Å². The van der Waals surface area contributed by atoms with E-state index in [1.165, 1.54) is 44.1 Å². The molecule has 0 unspecified atom stereocenters. The maximum atomic E-state index is 13.6. The van der Waals surface area contributed by atoms with Gasteiger partial charge < -0.3 is 4.74 Å². The molecule has 0 spiro atoms. The van der Waals surface area contributed by atoms with Gasteiger partial charge in [0.15, 0.2) is 5.17 Å². The number of ether oxygens (including phenoxy) is 1. The predicted molar refractivity (Wildman–Crippen MR) is 153 cm³/mol. The van der Waals surface area contributed by atoms with Crippen molar-refractivity contribution in [2.75, 3.05) is 0 Å². The highest BCUT2D eigenvalue weighted by Crippen LogP contribution is 2.39. The van der Waals surface area contributed by atoms with Gasteiger partial charge in [-0.1, -0.05) is 74.4 Å². The van der Waals surface area contributed by atoms with Gasteiger partial charge in [-0.3, -0.25) is 14.7 Å². The van der Waals surface area contributed by atoms with E-state index in [-0.39, 0.29) is 11.9 Å². The summed E-state index contributed by atoms with van der Waals surface area (Å²) in [5, 5.41) is 0.933. The molecule has 1 amide bonds. The molecule has 5 rings (SSSR count). The molecule has 2 saturated carbocycles. The Morgan fingerprint density at radius 3 is 2.50 bits per heavy atom. The van der Waals surface area contributed by atoms with Crippen LogP contribution in [0.15, 0.2) is 56.8 Å². The SMILES string of the molecule is Cc1cccc(COc2ccc(C=C3SC(=NC4CCCCC4)N(C4CCCCC4)C3=O)cc2Br)c1. The molecule has 0 radical (unpaired) electrons. The molecule has 1 aliphatic heterocycles. The van der Waals surface area contributed by atoms with Crippen molar-refractivity contribution in [3.63, 3.8) is 0 Å². The van der Waals surface area contributed by atoms with Crippen molar-refractivity contribution in [1.29, 1.82) is 0 Å². The van der Waals surface area contributed by atoms with E-state index in [4.69, 9.17) is 9.73 Å². The molecular weight excluding hydrogens is 532 g/mol. The van der Waals surface area contributed by atoms with E-state index in [0.717, 1.165) is 57.1 Å². The summed E-state index contributed by atoms with van der Waals surface area (Å²) >= 11 is 5.24. The third-order valence-corrected chi connectivity index (χ3v) is 8.99. The van der Waals surface area contributed by atoms with Gasteiger partial charge in [-0.2, -0.15) is 0 Å². The van der Waals surface area contributed by atoms with Crippen LogP contribution in [0.2, 0.25) is 0 Å². The summed E-state index contributed by atoms with van der Waals surface area (Å²) in [6.07, 6.45) is 14.0. The average molecular weight is 568 g/mol. The molecular formula is C30H35BrN2O2S. The standard InChI is InChI=1S/C30H35BrN2O2S/c1-21-9-8-10-23(17-21)20-35-27-16-15-22(18-26(27)31)19-28-29(34)33(25-13-6-3-7-14-25)30(36-28)32-24-11-4-2-5-12-24/h8-10,15-19,24-25H,2-7,11-14,20H2,1H3. The third kappa shape index (κ3) is 6.25. The highest BCUT2D eigenvalue weighted by molar-refractivity contribution is 9.10. The molecule has 4 nitrogen and oxygen atoms in total. The minimum absolute atomic E-state index is 0.123. The second kappa shape index (κ2) is 12.0. The Kier molecular flexibility index (Phi) is 8.53. The number of hydrogen-bond donors (Lipinski definition) is 0. The topological polar surface area (TPSA) is 41.9 Å². The lowest BCUT2D eigenvalue weighted by Gasteiger charge is -2.31. The number of thioether (sulfide) groups is 1. The summed E-state index contributed by atoms with van der Waals surface area (Å²) in [6.45, 7) is 2.61.